The van der Waals surface area contributed by atoms with Crippen molar-refractivity contribution in [3.8, 4) is 6.07 Å². The fourth-order valence-electron chi connectivity index (χ4n) is 1.20. The first kappa shape index (κ1) is 10.3. The van der Waals surface area contributed by atoms with Gasteiger partial charge in [0.05, 0.1) is 11.6 Å². The molecule has 0 atom stereocenters. The zero-order valence-electron chi connectivity index (χ0n) is 8.38. The van der Waals surface area contributed by atoms with Crippen LogP contribution >= 0.6 is 0 Å². The van der Waals surface area contributed by atoms with Gasteiger partial charge in [-0.3, -0.25) is 0 Å². The van der Waals surface area contributed by atoms with Gasteiger partial charge in [0.2, 0.25) is 0 Å². The second-order valence-electron chi connectivity index (χ2n) is 3.13. The summed E-state index contributed by atoms with van der Waals surface area (Å²) in [5, 5.41) is 8.70. The highest BCUT2D eigenvalue weighted by Crippen LogP contribution is 2.20. The molecule has 70 valence electrons. The quantitative estimate of drug-likeness (QED) is 0.656. The van der Waals surface area contributed by atoms with Crippen molar-refractivity contribution >= 4 is 11.1 Å². The van der Waals surface area contributed by atoms with Crippen LogP contribution in [-0.4, -0.2) is 0 Å². The minimum Gasteiger partial charge on any atom is -0.192 e. The molecule has 0 N–H and O–H groups in total. The Labute approximate surface area is 85.0 Å². The summed E-state index contributed by atoms with van der Waals surface area (Å²) >= 11 is 0. The molecular weight excluding hydrogens is 170 g/mol. The van der Waals surface area contributed by atoms with Crippen LogP contribution in [0.3, 0.4) is 0 Å². The average molecular weight is 183 g/mol. The van der Waals surface area contributed by atoms with E-state index in [1.54, 1.807) is 0 Å². The summed E-state index contributed by atoms with van der Waals surface area (Å²) in [6, 6.07) is 9.81. The smallest absolute Gasteiger partial charge is 0.0991 e. The number of allylic oxidation sites excluding steroid dienone is 2. The van der Waals surface area contributed by atoms with E-state index in [0.29, 0.717) is 5.57 Å². The Morgan fingerprint density at radius 2 is 2.00 bits per heavy atom. The molecule has 0 aromatic heterocycles. The highest BCUT2D eigenvalue weighted by Gasteiger charge is 2.00. The summed E-state index contributed by atoms with van der Waals surface area (Å²) in [7, 11) is 0. The Balaban J connectivity index is 3.08. The summed E-state index contributed by atoms with van der Waals surface area (Å²) in [6.45, 7) is 9.70. The van der Waals surface area contributed by atoms with Crippen molar-refractivity contribution < 1.29 is 0 Å². The van der Waals surface area contributed by atoms with Crippen LogP contribution in [0.4, 0.5) is 0 Å². The summed E-state index contributed by atoms with van der Waals surface area (Å²) < 4.78 is 0. The minimum atomic E-state index is 0.496. The molecule has 0 aliphatic carbocycles. The van der Waals surface area contributed by atoms with E-state index < -0.39 is 0 Å². The SMILES string of the molecule is C=C(C#N)c1cccc(C(=C)CC)c1. The average Bonchev–Trinajstić information content (AvgIpc) is 2.27. The predicted molar refractivity (Wildman–Crippen MR) is 60.4 cm³/mol. The van der Waals surface area contributed by atoms with Crippen molar-refractivity contribution in [1.29, 1.82) is 5.26 Å². The molecule has 1 aromatic carbocycles. The fraction of sp³-hybridized carbons (Fsp3) is 0.154. The lowest BCUT2D eigenvalue weighted by atomic mass is 10.00. The molecule has 0 radical (unpaired) electrons. The van der Waals surface area contributed by atoms with Gasteiger partial charge < -0.3 is 0 Å². The lowest BCUT2D eigenvalue weighted by molar-refractivity contribution is 1.24. The number of rotatable bonds is 3. The summed E-state index contributed by atoms with van der Waals surface area (Å²) in [5.41, 5.74) is 3.54. The third-order valence-electron chi connectivity index (χ3n) is 2.18. The minimum absolute atomic E-state index is 0.496. The van der Waals surface area contributed by atoms with Gasteiger partial charge in [-0.15, -0.1) is 0 Å². The Hall–Kier alpha value is -1.81. The van der Waals surface area contributed by atoms with E-state index in [4.69, 9.17) is 5.26 Å². The molecule has 0 fully saturated rings. The normalized spacial score (nSPS) is 9.14. The summed E-state index contributed by atoms with van der Waals surface area (Å²) in [5.74, 6) is 0. The van der Waals surface area contributed by atoms with Gasteiger partial charge >= 0.3 is 0 Å². The molecule has 0 heterocycles. The highest BCUT2D eigenvalue weighted by molar-refractivity contribution is 5.77. The van der Waals surface area contributed by atoms with E-state index in [0.717, 1.165) is 23.1 Å². The van der Waals surface area contributed by atoms with Crippen molar-refractivity contribution in [2.75, 3.05) is 0 Å². The highest BCUT2D eigenvalue weighted by atomic mass is 14.2. The van der Waals surface area contributed by atoms with Crippen molar-refractivity contribution in [2.24, 2.45) is 0 Å². The van der Waals surface area contributed by atoms with Crippen LogP contribution in [0.25, 0.3) is 11.1 Å². The second kappa shape index (κ2) is 4.43. The monoisotopic (exact) mass is 183 g/mol. The molecule has 0 saturated heterocycles. The molecule has 0 spiro atoms. The van der Waals surface area contributed by atoms with Crippen molar-refractivity contribution in [1.82, 2.24) is 0 Å². The maximum absolute atomic E-state index is 8.70. The first-order valence-electron chi connectivity index (χ1n) is 4.56. The third-order valence-corrected chi connectivity index (χ3v) is 2.18. The molecule has 1 heteroatoms. The maximum Gasteiger partial charge on any atom is 0.0991 e. The van der Waals surface area contributed by atoms with Crippen LogP contribution < -0.4 is 0 Å². The lowest BCUT2D eigenvalue weighted by Crippen LogP contribution is -1.84. The van der Waals surface area contributed by atoms with Crippen LogP contribution in [0.5, 0.6) is 0 Å². The van der Waals surface area contributed by atoms with Crippen molar-refractivity contribution in [2.45, 2.75) is 13.3 Å². The summed E-state index contributed by atoms with van der Waals surface area (Å²) in [4.78, 5) is 0. The molecule has 0 amide bonds. The van der Waals surface area contributed by atoms with Gasteiger partial charge in [-0.05, 0) is 29.2 Å². The number of nitrogens with zero attached hydrogens (tertiary/aromatic N) is 1. The molecule has 0 unspecified atom stereocenters. The van der Waals surface area contributed by atoms with Crippen LogP contribution in [-0.2, 0) is 0 Å². The molecular formula is C13H13N. The standard InChI is InChI=1S/C13H13N/c1-4-10(2)12-6-5-7-13(8-12)11(3)9-14/h5-8H,2-4H2,1H3. The Kier molecular flexibility index (Phi) is 3.25. The van der Waals surface area contributed by atoms with Gasteiger partial charge in [-0.25, -0.2) is 0 Å². The van der Waals surface area contributed by atoms with Gasteiger partial charge in [-0.1, -0.05) is 38.3 Å². The largest absolute Gasteiger partial charge is 0.192 e. The number of hydrogen-bond donors (Lipinski definition) is 0. The van der Waals surface area contributed by atoms with Gasteiger partial charge in [-0.2, -0.15) is 5.26 Å². The van der Waals surface area contributed by atoms with Gasteiger partial charge in [0.1, 0.15) is 0 Å². The van der Waals surface area contributed by atoms with Crippen LogP contribution in [0.1, 0.15) is 24.5 Å². The molecule has 0 aliphatic heterocycles. The number of nitriles is 1. The lowest BCUT2D eigenvalue weighted by Gasteiger charge is -2.04. The molecule has 14 heavy (non-hydrogen) atoms. The molecule has 0 saturated carbocycles. The Morgan fingerprint density at radius 1 is 1.36 bits per heavy atom. The van der Waals surface area contributed by atoms with Crippen LogP contribution in [0, 0.1) is 11.3 Å². The number of hydrogen-bond acceptors (Lipinski definition) is 1. The molecule has 1 nitrogen and oxygen atoms in total. The molecule has 0 bridgehead atoms. The van der Waals surface area contributed by atoms with Crippen LogP contribution in [0.15, 0.2) is 37.4 Å². The Bertz CT molecular complexity index is 407. The number of benzene rings is 1. The van der Waals surface area contributed by atoms with E-state index in [1.165, 1.54) is 0 Å². The third kappa shape index (κ3) is 2.11. The van der Waals surface area contributed by atoms with Crippen LogP contribution in [0.2, 0.25) is 0 Å². The second-order valence-corrected chi connectivity index (χ2v) is 3.13. The zero-order valence-corrected chi connectivity index (χ0v) is 8.38. The maximum atomic E-state index is 8.70. The van der Waals surface area contributed by atoms with E-state index in [2.05, 4.69) is 20.1 Å². The van der Waals surface area contributed by atoms with Crippen molar-refractivity contribution in [3.05, 3.63) is 48.6 Å². The molecule has 0 aliphatic rings. The van der Waals surface area contributed by atoms with Crippen molar-refractivity contribution in [3.63, 3.8) is 0 Å². The topological polar surface area (TPSA) is 23.8 Å². The van der Waals surface area contributed by atoms with E-state index in [9.17, 15) is 0 Å². The fourth-order valence-corrected chi connectivity index (χ4v) is 1.20. The van der Waals surface area contributed by atoms with Gasteiger partial charge in [0, 0.05) is 0 Å². The van der Waals surface area contributed by atoms with E-state index in [-0.39, 0.29) is 0 Å². The zero-order chi connectivity index (χ0) is 10.6. The first-order chi connectivity index (χ1) is 6.69. The van der Waals surface area contributed by atoms with E-state index >= 15 is 0 Å². The predicted octanol–water partition coefficient (Wildman–Crippen LogP) is 3.65. The first-order valence-corrected chi connectivity index (χ1v) is 4.56. The van der Waals surface area contributed by atoms with Gasteiger partial charge in [0.25, 0.3) is 0 Å². The Morgan fingerprint density at radius 3 is 2.57 bits per heavy atom. The molecule has 1 aromatic rings. The van der Waals surface area contributed by atoms with E-state index in [1.807, 2.05) is 30.3 Å². The summed E-state index contributed by atoms with van der Waals surface area (Å²) in [6.07, 6.45) is 0.919. The molecule has 1 rings (SSSR count). The van der Waals surface area contributed by atoms with Gasteiger partial charge in [0.15, 0.2) is 0 Å².